The van der Waals surface area contributed by atoms with Crippen LogP contribution in [0.15, 0.2) is 46.2 Å². The van der Waals surface area contributed by atoms with Crippen LogP contribution in [0.4, 0.5) is 4.39 Å². The molecule has 0 fully saturated rings. The number of benzene rings is 2. The van der Waals surface area contributed by atoms with E-state index in [1.807, 2.05) is 0 Å². The molecule has 27 heavy (non-hydrogen) atoms. The van der Waals surface area contributed by atoms with Crippen molar-refractivity contribution in [1.82, 2.24) is 4.72 Å². The minimum atomic E-state index is -4.06. The lowest BCUT2D eigenvalue weighted by Gasteiger charge is -2.21. The third-order valence-electron chi connectivity index (χ3n) is 3.98. The van der Waals surface area contributed by atoms with Gasteiger partial charge >= 0.3 is 0 Å². The van der Waals surface area contributed by atoms with Crippen LogP contribution < -0.4 is 9.46 Å². The lowest BCUT2D eigenvalue weighted by Crippen LogP contribution is -2.27. The zero-order chi connectivity index (χ0) is 19.7. The number of ether oxygens (including phenoxy) is 2. The van der Waals surface area contributed by atoms with E-state index < -0.39 is 25.7 Å². The molecule has 0 saturated carbocycles. The molecule has 3 rings (SSSR count). The van der Waals surface area contributed by atoms with Gasteiger partial charge in [0.15, 0.2) is 16.6 Å². The van der Waals surface area contributed by atoms with E-state index in [1.165, 1.54) is 36.4 Å². The molecule has 0 unspecified atom stereocenters. The maximum atomic E-state index is 13.7. The van der Waals surface area contributed by atoms with Crippen molar-refractivity contribution in [1.29, 1.82) is 0 Å². The molecule has 146 valence electrons. The van der Waals surface area contributed by atoms with E-state index in [0.717, 1.165) is 6.26 Å². The molecule has 1 aliphatic heterocycles. The maximum absolute atomic E-state index is 13.7. The summed E-state index contributed by atoms with van der Waals surface area (Å²) in [5.41, 5.74) is 1.06. The summed E-state index contributed by atoms with van der Waals surface area (Å²) in [6.45, 7) is 0.202. The standard InChI is InChI=1S/C17H18FNO6S2/c1-26(20,21)15-4-2-3-5-16(15)27(22,23)19-7-6-12-8-14(18)9-13-10-24-11-25-17(12)13/h2-5,8-9,19H,6-7,10-11H2,1H3. The van der Waals surface area contributed by atoms with Crippen LogP contribution in [0.3, 0.4) is 0 Å². The summed E-state index contributed by atoms with van der Waals surface area (Å²) in [5.74, 6) is 0.0153. The fourth-order valence-corrected chi connectivity index (χ4v) is 5.48. The van der Waals surface area contributed by atoms with Gasteiger partial charge < -0.3 is 9.47 Å². The largest absolute Gasteiger partial charge is 0.467 e. The first-order valence-electron chi connectivity index (χ1n) is 7.99. The summed E-state index contributed by atoms with van der Waals surface area (Å²) < 4.78 is 75.4. The van der Waals surface area contributed by atoms with Crippen LogP contribution in [0, 0.1) is 5.82 Å². The molecule has 1 aliphatic rings. The van der Waals surface area contributed by atoms with E-state index in [1.54, 1.807) is 0 Å². The van der Waals surface area contributed by atoms with E-state index in [2.05, 4.69) is 4.72 Å². The molecular weight excluding hydrogens is 397 g/mol. The van der Waals surface area contributed by atoms with Crippen molar-refractivity contribution in [2.24, 2.45) is 0 Å². The highest BCUT2D eigenvalue weighted by atomic mass is 32.2. The zero-order valence-corrected chi connectivity index (χ0v) is 16.1. The topological polar surface area (TPSA) is 98.8 Å². The van der Waals surface area contributed by atoms with Gasteiger partial charge in [-0.25, -0.2) is 25.9 Å². The number of sulfonamides is 1. The van der Waals surface area contributed by atoms with E-state index in [0.29, 0.717) is 16.9 Å². The zero-order valence-electron chi connectivity index (χ0n) is 14.4. The first-order valence-corrected chi connectivity index (χ1v) is 11.4. The van der Waals surface area contributed by atoms with E-state index in [9.17, 15) is 21.2 Å². The summed E-state index contributed by atoms with van der Waals surface area (Å²) in [6.07, 6.45) is 1.11. The highest BCUT2D eigenvalue weighted by molar-refractivity contribution is 7.93. The number of nitrogens with one attached hydrogen (secondary N) is 1. The average Bonchev–Trinajstić information content (AvgIpc) is 2.60. The predicted molar refractivity (Wildman–Crippen MR) is 95.1 cm³/mol. The molecule has 7 nitrogen and oxygen atoms in total. The Kier molecular flexibility index (Phi) is 5.52. The molecule has 10 heteroatoms. The molecule has 0 aromatic heterocycles. The smallest absolute Gasteiger partial charge is 0.241 e. The van der Waals surface area contributed by atoms with Crippen molar-refractivity contribution in [3.63, 3.8) is 0 Å². The first kappa shape index (κ1) is 19.7. The Balaban J connectivity index is 1.80. The van der Waals surface area contributed by atoms with Crippen LogP contribution in [0.5, 0.6) is 5.75 Å². The SMILES string of the molecule is CS(=O)(=O)c1ccccc1S(=O)(=O)NCCc1cc(F)cc2c1OCOC2. The fraction of sp³-hybridized carbons (Fsp3) is 0.294. The monoisotopic (exact) mass is 415 g/mol. The van der Waals surface area contributed by atoms with E-state index in [4.69, 9.17) is 9.47 Å². The van der Waals surface area contributed by atoms with E-state index >= 15 is 0 Å². The maximum Gasteiger partial charge on any atom is 0.241 e. The van der Waals surface area contributed by atoms with Gasteiger partial charge in [-0.1, -0.05) is 12.1 Å². The second-order valence-corrected chi connectivity index (χ2v) is 9.75. The third-order valence-corrected chi connectivity index (χ3v) is 6.78. The molecule has 2 aromatic rings. The molecule has 1 N–H and O–H groups in total. The Bertz CT molecular complexity index is 1070. The van der Waals surface area contributed by atoms with Crippen molar-refractivity contribution in [3.8, 4) is 5.75 Å². The summed E-state index contributed by atoms with van der Waals surface area (Å²) in [5, 5.41) is 0. The molecular formula is C17H18FNO6S2. The highest BCUT2D eigenvalue weighted by Gasteiger charge is 2.23. The first-order chi connectivity index (χ1) is 12.7. The van der Waals surface area contributed by atoms with Crippen LogP contribution in [0.2, 0.25) is 0 Å². The quantitative estimate of drug-likeness (QED) is 0.770. The number of sulfone groups is 1. The Hall–Kier alpha value is -2.01. The van der Waals surface area contributed by atoms with Crippen molar-refractivity contribution in [2.45, 2.75) is 22.8 Å². The van der Waals surface area contributed by atoms with Gasteiger partial charge in [-0.2, -0.15) is 0 Å². The van der Waals surface area contributed by atoms with Crippen LogP contribution >= 0.6 is 0 Å². The molecule has 1 heterocycles. The van der Waals surface area contributed by atoms with Gasteiger partial charge in [0.2, 0.25) is 10.0 Å². The van der Waals surface area contributed by atoms with Gasteiger partial charge in [0.1, 0.15) is 16.5 Å². The number of rotatable bonds is 6. The molecule has 0 spiro atoms. The second-order valence-electron chi connectivity index (χ2n) is 6.03. The number of halogens is 1. The minimum Gasteiger partial charge on any atom is -0.467 e. The van der Waals surface area contributed by atoms with Gasteiger partial charge in [0.25, 0.3) is 0 Å². The minimum absolute atomic E-state index is 0.0408. The lowest BCUT2D eigenvalue weighted by atomic mass is 10.1. The number of hydrogen-bond donors (Lipinski definition) is 1. The number of hydrogen-bond acceptors (Lipinski definition) is 6. The van der Waals surface area contributed by atoms with E-state index in [-0.39, 0.29) is 36.2 Å². The summed E-state index contributed by atoms with van der Waals surface area (Å²) in [4.78, 5) is -0.598. The third kappa shape index (κ3) is 4.46. The second kappa shape index (κ2) is 7.55. The Morgan fingerprint density at radius 2 is 1.81 bits per heavy atom. The summed E-state index contributed by atoms with van der Waals surface area (Å²) >= 11 is 0. The van der Waals surface area contributed by atoms with Crippen molar-refractivity contribution < 1.29 is 30.7 Å². The average molecular weight is 415 g/mol. The Labute approximate surface area is 157 Å². The van der Waals surface area contributed by atoms with Crippen LogP contribution in [-0.2, 0) is 37.6 Å². The Morgan fingerprint density at radius 3 is 2.52 bits per heavy atom. The van der Waals surface area contributed by atoms with Gasteiger partial charge in [0, 0.05) is 18.4 Å². The molecule has 0 atom stereocenters. The highest BCUT2D eigenvalue weighted by Crippen LogP contribution is 2.29. The fourth-order valence-electron chi connectivity index (χ4n) is 2.82. The molecule has 0 radical (unpaired) electrons. The summed E-state index contributed by atoms with van der Waals surface area (Å²) in [7, 11) is -7.78. The normalized spacial score (nSPS) is 14.4. The predicted octanol–water partition coefficient (Wildman–Crippen LogP) is 1.62. The number of fused-ring (bicyclic) bond motifs is 1. The van der Waals surface area contributed by atoms with Crippen molar-refractivity contribution in [3.05, 3.63) is 53.3 Å². The Morgan fingerprint density at radius 1 is 1.11 bits per heavy atom. The molecule has 0 amide bonds. The van der Waals surface area contributed by atoms with Crippen molar-refractivity contribution >= 4 is 19.9 Å². The van der Waals surface area contributed by atoms with Crippen molar-refractivity contribution in [2.75, 3.05) is 19.6 Å². The molecule has 0 bridgehead atoms. The van der Waals surface area contributed by atoms with Gasteiger partial charge in [0.05, 0.1) is 11.5 Å². The summed E-state index contributed by atoms with van der Waals surface area (Å²) in [6, 6.07) is 7.95. The van der Waals surface area contributed by atoms with Gasteiger partial charge in [-0.3, -0.25) is 0 Å². The molecule has 0 saturated heterocycles. The van der Waals surface area contributed by atoms with Gasteiger partial charge in [-0.05, 0) is 36.2 Å². The van der Waals surface area contributed by atoms with Gasteiger partial charge in [-0.15, -0.1) is 0 Å². The van der Waals surface area contributed by atoms with Crippen LogP contribution in [0.1, 0.15) is 11.1 Å². The van der Waals surface area contributed by atoms with Crippen LogP contribution in [-0.4, -0.2) is 36.4 Å². The lowest BCUT2D eigenvalue weighted by molar-refractivity contribution is -0.0172. The molecule has 2 aromatic carbocycles. The molecule has 0 aliphatic carbocycles. The van der Waals surface area contributed by atoms with Crippen LogP contribution in [0.25, 0.3) is 0 Å².